The van der Waals surface area contributed by atoms with Gasteiger partial charge in [0.2, 0.25) is 0 Å². The van der Waals surface area contributed by atoms with E-state index in [1.54, 1.807) is 23.7 Å². The van der Waals surface area contributed by atoms with Crippen LogP contribution in [0.5, 0.6) is 0 Å². The van der Waals surface area contributed by atoms with Crippen molar-refractivity contribution in [3.63, 3.8) is 0 Å². The van der Waals surface area contributed by atoms with E-state index in [0.29, 0.717) is 0 Å². The van der Waals surface area contributed by atoms with Gasteiger partial charge in [0.05, 0.1) is 5.69 Å². The van der Waals surface area contributed by atoms with Gasteiger partial charge in [0.15, 0.2) is 10.8 Å². The Hall–Kier alpha value is -1.33. The van der Waals surface area contributed by atoms with Crippen LogP contribution in [-0.2, 0) is 13.0 Å². The first-order valence-electron chi connectivity index (χ1n) is 5.81. The van der Waals surface area contributed by atoms with Gasteiger partial charge in [0.1, 0.15) is 0 Å². The van der Waals surface area contributed by atoms with E-state index in [0.717, 1.165) is 36.0 Å². The standard InChI is InChI=1S/C12H16N4S/c1-3-9-10(8-13-4-2)17-12(16-9)11-14-6-5-7-15-11/h5-7,13H,3-4,8H2,1-2H3. The fourth-order valence-corrected chi connectivity index (χ4v) is 2.61. The van der Waals surface area contributed by atoms with Crippen LogP contribution in [0.15, 0.2) is 18.5 Å². The van der Waals surface area contributed by atoms with Crippen LogP contribution in [0.1, 0.15) is 24.4 Å². The molecule has 90 valence electrons. The largest absolute Gasteiger partial charge is 0.312 e. The topological polar surface area (TPSA) is 50.7 Å². The predicted molar refractivity (Wildman–Crippen MR) is 69.9 cm³/mol. The molecule has 0 atom stereocenters. The minimum Gasteiger partial charge on any atom is -0.312 e. The van der Waals surface area contributed by atoms with Gasteiger partial charge >= 0.3 is 0 Å². The van der Waals surface area contributed by atoms with Crippen LogP contribution in [0.25, 0.3) is 10.8 Å². The van der Waals surface area contributed by atoms with Gasteiger partial charge in [-0.25, -0.2) is 15.0 Å². The van der Waals surface area contributed by atoms with Gasteiger partial charge < -0.3 is 5.32 Å². The Morgan fingerprint density at radius 2 is 2.00 bits per heavy atom. The minimum absolute atomic E-state index is 0.718. The number of aryl methyl sites for hydroxylation is 1. The fraction of sp³-hybridized carbons (Fsp3) is 0.417. The molecular weight excluding hydrogens is 232 g/mol. The quantitative estimate of drug-likeness (QED) is 0.882. The molecule has 0 fully saturated rings. The summed E-state index contributed by atoms with van der Waals surface area (Å²) < 4.78 is 0. The third-order valence-electron chi connectivity index (χ3n) is 2.41. The average Bonchev–Trinajstić information content (AvgIpc) is 2.80. The molecule has 5 heteroatoms. The van der Waals surface area contributed by atoms with Gasteiger partial charge in [0.25, 0.3) is 0 Å². The smallest absolute Gasteiger partial charge is 0.188 e. The Morgan fingerprint density at radius 3 is 2.65 bits per heavy atom. The summed E-state index contributed by atoms with van der Waals surface area (Å²) in [5.41, 5.74) is 1.15. The summed E-state index contributed by atoms with van der Waals surface area (Å²) in [6, 6.07) is 1.82. The first kappa shape index (κ1) is 12.1. The lowest BCUT2D eigenvalue weighted by atomic mass is 10.3. The molecule has 2 rings (SSSR count). The highest BCUT2D eigenvalue weighted by atomic mass is 32.1. The highest BCUT2D eigenvalue weighted by Gasteiger charge is 2.12. The molecular formula is C12H16N4S. The predicted octanol–water partition coefficient (Wildman–Crippen LogP) is 2.27. The van der Waals surface area contributed by atoms with Gasteiger partial charge in [-0.2, -0.15) is 0 Å². The van der Waals surface area contributed by atoms with Crippen LogP contribution in [0, 0.1) is 0 Å². The molecule has 17 heavy (non-hydrogen) atoms. The van der Waals surface area contributed by atoms with Crippen molar-refractivity contribution in [3.8, 4) is 10.8 Å². The second-order valence-corrected chi connectivity index (χ2v) is 4.68. The average molecular weight is 248 g/mol. The highest BCUT2D eigenvalue weighted by molar-refractivity contribution is 7.15. The summed E-state index contributed by atoms with van der Waals surface area (Å²) >= 11 is 1.68. The Kier molecular flexibility index (Phi) is 4.17. The molecule has 4 nitrogen and oxygen atoms in total. The lowest BCUT2D eigenvalue weighted by molar-refractivity contribution is 0.727. The first-order valence-corrected chi connectivity index (χ1v) is 6.63. The number of rotatable bonds is 5. The molecule has 2 aromatic rings. The van der Waals surface area contributed by atoms with Crippen LogP contribution >= 0.6 is 11.3 Å². The lowest BCUT2D eigenvalue weighted by Crippen LogP contribution is -2.11. The second-order valence-electron chi connectivity index (χ2n) is 3.60. The zero-order chi connectivity index (χ0) is 12.1. The van der Waals surface area contributed by atoms with E-state index in [-0.39, 0.29) is 0 Å². The van der Waals surface area contributed by atoms with Crippen molar-refractivity contribution in [2.24, 2.45) is 0 Å². The summed E-state index contributed by atoms with van der Waals surface area (Å²) in [7, 11) is 0. The molecule has 2 aromatic heterocycles. The zero-order valence-corrected chi connectivity index (χ0v) is 10.9. The molecule has 1 N–H and O–H groups in total. The van der Waals surface area contributed by atoms with Crippen molar-refractivity contribution in [1.82, 2.24) is 20.3 Å². The Bertz CT molecular complexity index is 467. The first-order chi connectivity index (χ1) is 8.35. The number of aromatic nitrogens is 3. The Labute approximate surface area is 105 Å². The van der Waals surface area contributed by atoms with Crippen LogP contribution in [0.4, 0.5) is 0 Å². The summed E-state index contributed by atoms with van der Waals surface area (Å²) in [6.45, 7) is 6.08. The molecule has 2 heterocycles. The van der Waals surface area contributed by atoms with Crippen molar-refractivity contribution in [2.75, 3.05) is 6.54 Å². The molecule has 0 aromatic carbocycles. The van der Waals surface area contributed by atoms with Gasteiger partial charge in [-0.15, -0.1) is 11.3 Å². The Morgan fingerprint density at radius 1 is 1.24 bits per heavy atom. The molecule has 0 amide bonds. The molecule has 0 aliphatic carbocycles. The molecule has 0 saturated carbocycles. The molecule has 0 radical (unpaired) electrons. The normalized spacial score (nSPS) is 10.7. The molecule has 0 unspecified atom stereocenters. The summed E-state index contributed by atoms with van der Waals surface area (Å²) in [4.78, 5) is 14.4. The molecule has 0 aliphatic heterocycles. The molecule has 0 spiro atoms. The van der Waals surface area contributed by atoms with Gasteiger partial charge in [0, 0.05) is 23.8 Å². The highest BCUT2D eigenvalue weighted by Crippen LogP contribution is 2.25. The van der Waals surface area contributed by atoms with E-state index >= 15 is 0 Å². The third kappa shape index (κ3) is 2.87. The minimum atomic E-state index is 0.718. The van der Waals surface area contributed by atoms with Crippen LogP contribution in [-0.4, -0.2) is 21.5 Å². The summed E-state index contributed by atoms with van der Waals surface area (Å²) in [5, 5.41) is 4.25. The van der Waals surface area contributed by atoms with E-state index in [1.165, 1.54) is 4.88 Å². The van der Waals surface area contributed by atoms with E-state index in [9.17, 15) is 0 Å². The van der Waals surface area contributed by atoms with E-state index in [1.807, 2.05) is 6.07 Å². The number of hydrogen-bond donors (Lipinski definition) is 1. The summed E-state index contributed by atoms with van der Waals surface area (Å²) in [5.74, 6) is 0.718. The molecule has 0 aliphatic rings. The Balaban J connectivity index is 2.28. The van der Waals surface area contributed by atoms with E-state index in [2.05, 4.69) is 34.1 Å². The maximum Gasteiger partial charge on any atom is 0.188 e. The second kappa shape index (κ2) is 5.84. The van der Waals surface area contributed by atoms with Crippen molar-refractivity contribution >= 4 is 11.3 Å². The van der Waals surface area contributed by atoms with Crippen molar-refractivity contribution in [2.45, 2.75) is 26.8 Å². The maximum atomic E-state index is 4.61. The van der Waals surface area contributed by atoms with Crippen LogP contribution in [0.3, 0.4) is 0 Å². The van der Waals surface area contributed by atoms with Crippen LogP contribution in [0.2, 0.25) is 0 Å². The molecule has 0 bridgehead atoms. The van der Waals surface area contributed by atoms with E-state index in [4.69, 9.17) is 0 Å². The maximum absolute atomic E-state index is 4.61. The van der Waals surface area contributed by atoms with Crippen molar-refractivity contribution in [1.29, 1.82) is 0 Å². The number of hydrogen-bond acceptors (Lipinski definition) is 5. The van der Waals surface area contributed by atoms with Gasteiger partial charge in [-0.1, -0.05) is 13.8 Å². The molecule has 0 saturated heterocycles. The van der Waals surface area contributed by atoms with Crippen LogP contribution < -0.4 is 5.32 Å². The number of nitrogens with zero attached hydrogens (tertiary/aromatic N) is 3. The van der Waals surface area contributed by atoms with Crippen molar-refractivity contribution in [3.05, 3.63) is 29.0 Å². The zero-order valence-electron chi connectivity index (χ0n) is 10.1. The van der Waals surface area contributed by atoms with Crippen molar-refractivity contribution < 1.29 is 0 Å². The summed E-state index contributed by atoms with van der Waals surface area (Å²) in [6.07, 6.45) is 4.45. The number of nitrogens with one attached hydrogen (secondary N) is 1. The lowest BCUT2D eigenvalue weighted by Gasteiger charge is -1.99. The van der Waals surface area contributed by atoms with Gasteiger partial charge in [-0.3, -0.25) is 0 Å². The number of thiazole rings is 1. The van der Waals surface area contributed by atoms with E-state index < -0.39 is 0 Å². The van der Waals surface area contributed by atoms with Gasteiger partial charge in [-0.05, 0) is 19.0 Å². The fourth-order valence-electron chi connectivity index (χ4n) is 1.54. The SMILES string of the molecule is CCNCc1sc(-c2ncccn2)nc1CC. The monoisotopic (exact) mass is 248 g/mol. The third-order valence-corrected chi connectivity index (χ3v) is 3.50.